The van der Waals surface area contributed by atoms with Crippen LogP contribution >= 0.6 is 0 Å². The Labute approximate surface area is 169 Å². The highest BCUT2D eigenvalue weighted by Gasteiger charge is 2.21. The predicted octanol–water partition coefficient (Wildman–Crippen LogP) is 4.90. The Bertz CT molecular complexity index is 1560. The van der Waals surface area contributed by atoms with Crippen LogP contribution in [0.15, 0.2) is 77.2 Å². The largest absolute Gasteiger partial charge is 0.455 e. The second kappa shape index (κ2) is 5.98. The van der Waals surface area contributed by atoms with Crippen LogP contribution < -0.4 is 5.59 Å². The fourth-order valence-corrected chi connectivity index (χ4v) is 4.59. The van der Waals surface area contributed by atoms with E-state index in [2.05, 4.69) is 72.2 Å². The van der Waals surface area contributed by atoms with E-state index in [1.807, 2.05) is 20.0 Å². The summed E-state index contributed by atoms with van der Waals surface area (Å²) in [5.41, 5.74) is 6.52. The number of aryl methyl sites for hydroxylation is 1. The summed E-state index contributed by atoms with van der Waals surface area (Å²) in [6.45, 7) is 2.21. The molecule has 6 aromatic rings. The first-order valence-corrected chi connectivity index (χ1v) is 10.1. The van der Waals surface area contributed by atoms with E-state index < -0.39 is 0 Å². The zero-order chi connectivity index (χ0) is 19.5. The van der Waals surface area contributed by atoms with Gasteiger partial charge in [-0.15, -0.1) is 0 Å². The highest BCUT2D eigenvalue weighted by molar-refractivity contribution is 6.30. The fraction of sp³-hybridized carbons (Fsp3) is 0.0800. The van der Waals surface area contributed by atoms with Crippen LogP contribution in [0.1, 0.15) is 12.5 Å². The van der Waals surface area contributed by atoms with Crippen LogP contribution in [0.4, 0.5) is 0 Å². The van der Waals surface area contributed by atoms with Crippen molar-refractivity contribution < 1.29 is 4.42 Å². The summed E-state index contributed by atoms with van der Waals surface area (Å²) >= 11 is 0. The van der Waals surface area contributed by atoms with E-state index in [9.17, 15) is 0 Å². The van der Waals surface area contributed by atoms with Gasteiger partial charge in [-0.3, -0.25) is 4.57 Å². The minimum absolute atomic E-state index is 0.939. The van der Waals surface area contributed by atoms with Gasteiger partial charge in [0.25, 0.3) is 0 Å². The highest BCUT2D eigenvalue weighted by atomic mass is 16.3. The lowest BCUT2D eigenvalue weighted by molar-refractivity contribution is 0.672. The number of hydrogen-bond donors (Lipinski definition) is 0. The summed E-state index contributed by atoms with van der Waals surface area (Å²) in [6.07, 6.45) is 0.943. The molecule has 6 rings (SSSR count). The molecule has 0 amide bonds. The van der Waals surface area contributed by atoms with E-state index >= 15 is 0 Å². The third-order valence-electron chi connectivity index (χ3n) is 5.85. The summed E-state index contributed by atoms with van der Waals surface area (Å²) in [6, 6.07) is 25.4. The Morgan fingerprint density at radius 1 is 0.862 bits per heavy atom. The zero-order valence-corrected chi connectivity index (χ0v) is 16.4. The number of rotatable bonds is 2. The van der Waals surface area contributed by atoms with Crippen LogP contribution in [0, 0.1) is 0 Å². The van der Waals surface area contributed by atoms with Gasteiger partial charge in [0.05, 0.1) is 16.4 Å². The number of benzene rings is 3. The molecule has 0 N–H and O–H groups in total. The average Bonchev–Trinajstić information content (AvgIpc) is 3.29. The Hall–Kier alpha value is -3.53. The SMILES string of the molecule is Bc1cccc(-n2c3ccccc3c3c4oc5ccccc5c4c(CC)cc32)n1. The third-order valence-corrected chi connectivity index (χ3v) is 5.85. The van der Waals surface area contributed by atoms with Crippen LogP contribution in [-0.2, 0) is 6.42 Å². The first-order chi connectivity index (χ1) is 14.3. The molecule has 0 bridgehead atoms. The molecule has 0 aliphatic carbocycles. The average molecular weight is 374 g/mol. The van der Waals surface area contributed by atoms with Crippen LogP contribution in [-0.4, -0.2) is 17.4 Å². The van der Waals surface area contributed by atoms with Crippen molar-refractivity contribution in [3.63, 3.8) is 0 Å². The smallest absolute Gasteiger partial charge is 0.164 e. The lowest BCUT2D eigenvalue weighted by atomic mass is 10.0. The number of fused-ring (bicyclic) bond motifs is 7. The standard InChI is InChI=1S/C25H19BN2O/c1-2-15-14-19-24(25-23(15)17-9-4-6-11-20(17)29-25)16-8-3-5-10-18(16)28(19)22-13-7-12-21(26)27-22/h3-14H,2,26H2,1H3. The van der Waals surface area contributed by atoms with Crippen LogP contribution in [0.3, 0.4) is 0 Å². The van der Waals surface area contributed by atoms with Crippen molar-refractivity contribution in [3.05, 3.63) is 78.4 Å². The lowest BCUT2D eigenvalue weighted by Gasteiger charge is -2.09. The van der Waals surface area contributed by atoms with E-state index in [1.165, 1.54) is 21.7 Å². The molecule has 3 aromatic heterocycles. The topological polar surface area (TPSA) is 31.0 Å². The number of nitrogens with zero attached hydrogens (tertiary/aromatic N) is 2. The Morgan fingerprint density at radius 2 is 1.66 bits per heavy atom. The van der Waals surface area contributed by atoms with Crippen LogP contribution in [0.25, 0.3) is 49.6 Å². The number of pyridine rings is 1. The molecule has 3 heterocycles. The summed E-state index contributed by atoms with van der Waals surface area (Å²) in [5, 5.41) is 4.77. The van der Waals surface area contributed by atoms with Gasteiger partial charge in [-0.1, -0.05) is 55.5 Å². The molecule has 0 radical (unpaired) electrons. The van der Waals surface area contributed by atoms with Crippen LogP contribution in [0.2, 0.25) is 0 Å². The van der Waals surface area contributed by atoms with E-state index in [0.29, 0.717) is 0 Å². The van der Waals surface area contributed by atoms with Gasteiger partial charge in [0, 0.05) is 16.2 Å². The van der Waals surface area contributed by atoms with E-state index in [-0.39, 0.29) is 0 Å². The van der Waals surface area contributed by atoms with Gasteiger partial charge < -0.3 is 4.42 Å². The number of hydrogen-bond acceptors (Lipinski definition) is 2. The van der Waals surface area contributed by atoms with Gasteiger partial charge in [-0.2, -0.15) is 0 Å². The second-order valence-corrected chi connectivity index (χ2v) is 7.58. The van der Waals surface area contributed by atoms with E-state index in [4.69, 9.17) is 9.40 Å². The number of para-hydroxylation sites is 2. The summed E-state index contributed by atoms with van der Waals surface area (Å²) in [5.74, 6) is 0.939. The highest BCUT2D eigenvalue weighted by Crippen LogP contribution is 2.42. The minimum Gasteiger partial charge on any atom is -0.455 e. The quantitative estimate of drug-likeness (QED) is 0.404. The summed E-state index contributed by atoms with van der Waals surface area (Å²) in [4.78, 5) is 4.83. The molecule has 3 nitrogen and oxygen atoms in total. The lowest BCUT2D eigenvalue weighted by Crippen LogP contribution is -2.11. The second-order valence-electron chi connectivity index (χ2n) is 7.58. The Morgan fingerprint density at radius 3 is 2.48 bits per heavy atom. The monoisotopic (exact) mass is 374 g/mol. The van der Waals surface area contributed by atoms with Crippen molar-refractivity contribution in [2.24, 2.45) is 0 Å². The molecule has 0 atom stereocenters. The first-order valence-electron chi connectivity index (χ1n) is 10.1. The van der Waals surface area contributed by atoms with Gasteiger partial charge in [-0.25, -0.2) is 4.98 Å². The van der Waals surface area contributed by atoms with Crippen molar-refractivity contribution in [1.29, 1.82) is 0 Å². The minimum atomic E-state index is 0.939. The number of aromatic nitrogens is 2. The molecule has 0 saturated carbocycles. The maximum Gasteiger partial charge on any atom is 0.164 e. The van der Waals surface area contributed by atoms with Gasteiger partial charge in [-0.05, 0) is 41.8 Å². The molecule has 3 aromatic carbocycles. The summed E-state index contributed by atoms with van der Waals surface area (Å²) in [7, 11) is 2.03. The normalized spacial score (nSPS) is 11.9. The number of furan rings is 1. The van der Waals surface area contributed by atoms with Gasteiger partial charge >= 0.3 is 0 Å². The molecule has 138 valence electrons. The van der Waals surface area contributed by atoms with Crippen LogP contribution in [0.5, 0.6) is 0 Å². The fourth-order valence-electron chi connectivity index (χ4n) is 4.59. The predicted molar refractivity (Wildman–Crippen MR) is 123 cm³/mol. The van der Waals surface area contributed by atoms with Crippen molar-refractivity contribution in [1.82, 2.24) is 9.55 Å². The molecule has 0 aliphatic heterocycles. The molecular weight excluding hydrogens is 355 g/mol. The maximum atomic E-state index is 6.46. The van der Waals surface area contributed by atoms with Gasteiger partial charge in [0.2, 0.25) is 0 Å². The van der Waals surface area contributed by atoms with E-state index in [0.717, 1.165) is 45.4 Å². The van der Waals surface area contributed by atoms with Gasteiger partial charge in [0.1, 0.15) is 17.0 Å². The molecule has 0 spiro atoms. The molecule has 0 unspecified atom stereocenters. The van der Waals surface area contributed by atoms with Gasteiger partial charge in [0.15, 0.2) is 7.85 Å². The van der Waals surface area contributed by atoms with E-state index in [1.54, 1.807) is 0 Å². The molecule has 0 saturated heterocycles. The Kier molecular flexibility index (Phi) is 3.39. The van der Waals surface area contributed by atoms with Crippen molar-refractivity contribution >= 4 is 57.2 Å². The Balaban J connectivity index is 1.90. The molecule has 29 heavy (non-hydrogen) atoms. The maximum absolute atomic E-state index is 6.46. The molecule has 0 fully saturated rings. The zero-order valence-electron chi connectivity index (χ0n) is 16.4. The summed E-state index contributed by atoms with van der Waals surface area (Å²) < 4.78 is 8.72. The third kappa shape index (κ3) is 2.23. The van der Waals surface area contributed by atoms with Crippen molar-refractivity contribution in [2.75, 3.05) is 0 Å². The molecule has 4 heteroatoms. The molecule has 0 aliphatic rings. The molecular formula is C25H19BN2O. The van der Waals surface area contributed by atoms with Crippen molar-refractivity contribution in [3.8, 4) is 5.82 Å². The first kappa shape index (κ1) is 16.4. The van der Waals surface area contributed by atoms with Crippen molar-refractivity contribution in [2.45, 2.75) is 13.3 Å².